The predicted molar refractivity (Wildman–Crippen MR) is 109 cm³/mol. The summed E-state index contributed by atoms with van der Waals surface area (Å²) in [6.07, 6.45) is 8.98. The van der Waals surface area contributed by atoms with E-state index in [0.29, 0.717) is 23.1 Å². The summed E-state index contributed by atoms with van der Waals surface area (Å²) >= 11 is 0. The van der Waals surface area contributed by atoms with Crippen molar-refractivity contribution >= 4 is 0 Å². The maximum absolute atomic E-state index is 14.9. The number of allylic oxidation sites excluding steroid dienone is 1. The maximum Gasteiger partial charge on any atom is 0.134 e. The Hall–Kier alpha value is -2.16. The van der Waals surface area contributed by atoms with Crippen molar-refractivity contribution in [1.82, 2.24) is 0 Å². The van der Waals surface area contributed by atoms with Gasteiger partial charge >= 0.3 is 0 Å². The third-order valence-corrected chi connectivity index (χ3v) is 6.90. The SMILES string of the molecule is C=CC1CCC2CC(c3cc(F)c(-c4ccc(OC)cc4)c(F)c3)CCC2C1. The Kier molecular flexibility index (Phi) is 5.52. The van der Waals surface area contributed by atoms with Crippen LogP contribution in [0.5, 0.6) is 5.75 Å². The van der Waals surface area contributed by atoms with E-state index in [-0.39, 0.29) is 11.5 Å². The lowest BCUT2D eigenvalue weighted by molar-refractivity contribution is 0.133. The van der Waals surface area contributed by atoms with Gasteiger partial charge in [0.15, 0.2) is 0 Å². The van der Waals surface area contributed by atoms with Gasteiger partial charge in [0.2, 0.25) is 0 Å². The summed E-state index contributed by atoms with van der Waals surface area (Å²) in [5.41, 5.74) is 1.40. The molecule has 0 radical (unpaired) electrons. The molecule has 0 heterocycles. The number of hydrogen-bond acceptors (Lipinski definition) is 1. The molecule has 4 unspecified atom stereocenters. The molecule has 0 N–H and O–H groups in total. The molecule has 2 saturated carbocycles. The van der Waals surface area contributed by atoms with Crippen LogP contribution < -0.4 is 4.74 Å². The molecule has 4 rings (SSSR count). The van der Waals surface area contributed by atoms with Crippen molar-refractivity contribution in [1.29, 1.82) is 0 Å². The average molecular weight is 382 g/mol. The Morgan fingerprint density at radius 2 is 1.57 bits per heavy atom. The second kappa shape index (κ2) is 8.06. The first-order chi connectivity index (χ1) is 13.6. The second-order valence-corrected chi connectivity index (χ2v) is 8.43. The second-order valence-electron chi connectivity index (χ2n) is 8.43. The molecular formula is C25H28F2O. The molecule has 3 heteroatoms. The molecule has 2 aliphatic carbocycles. The van der Waals surface area contributed by atoms with Crippen molar-refractivity contribution in [3.05, 3.63) is 66.3 Å². The minimum absolute atomic E-state index is 0.0478. The summed E-state index contributed by atoms with van der Waals surface area (Å²) in [6.45, 7) is 3.96. The number of rotatable bonds is 4. The number of fused-ring (bicyclic) bond motifs is 1. The van der Waals surface area contributed by atoms with Crippen molar-refractivity contribution in [2.45, 2.75) is 44.4 Å². The van der Waals surface area contributed by atoms with Gasteiger partial charge in [-0.15, -0.1) is 6.58 Å². The van der Waals surface area contributed by atoms with Gasteiger partial charge in [0.25, 0.3) is 0 Å². The largest absolute Gasteiger partial charge is 0.497 e. The quantitative estimate of drug-likeness (QED) is 0.511. The normalized spacial score (nSPS) is 27.1. The van der Waals surface area contributed by atoms with Crippen LogP contribution in [0.2, 0.25) is 0 Å². The van der Waals surface area contributed by atoms with Gasteiger partial charge in [-0.25, -0.2) is 8.78 Å². The molecule has 1 nitrogen and oxygen atoms in total. The molecule has 0 bridgehead atoms. The number of hydrogen-bond donors (Lipinski definition) is 0. The Labute approximate surface area is 166 Å². The lowest BCUT2D eigenvalue weighted by Gasteiger charge is -2.41. The van der Waals surface area contributed by atoms with E-state index in [1.54, 1.807) is 43.5 Å². The highest BCUT2D eigenvalue weighted by molar-refractivity contribution is 5.66. The van der Waals surface area contributed by atoms with Crippen LogP contribution in [0, 0.1) is 29.4 Å². The molecule has 0 aliphatic heterocycles. The lowest BCUT2D eigenvalue weighted by Crippen LogP contribution is -2.30. The molecule has 0 aromatic heterocycles. The van der Waals surface area contributed by atoms with Crippen LogP contribution in [0.25, 0.3) is 11.1 Å². The van der Waals surface area contributed by atoms with Crippen LogP contribution in [-0.2, 0) is 0 Å². The van der Waals surface area contributed by atoms with Crippen LogP contribution in [0.1, 0.15) is 50.0 Å². The van der Waals surface area contributed by atoms with Crippen molar-refractivity contribution in [3.63, 3.8) is 0 Å². The minimum Gasteiger partial charge on any atom is -0.497 e. The van der Waals surface area contributed by atoms with Crippen molar-refractivity contribution in [3.8, 4) is 16.9 Å². The summed E-state index contributed by atoms with van der Waals surface area (Å²) in [4.78, 5) is 0. The third kappa shape index (κ3) is 3.72. The van der Waals surface area contributed by atoms with Gasteiger partial charge in [-0.1, -0.05) is 18.2 Å². The molecule has 2 aromatic carbocycles. The molecule has 0 amide bonds. The standard InChI is InChI=1S/C25H28F2O/c1-3-16-4-5-19-13-20(7-6-18(19)12-16)21-14-23(26)25(24(27)15-21)17-8-10-22(28-2)11-9-17/h3,8-11,14-16,18-20H,1,4-7,12-13H2,2H3. The molecule has 4 atom stereocenters. The predicted octanol–water partition coefficient (Wildman–Crippen LogP) is 7.13. The number of benzene rings is 2. The lowest BCUT2D eigenvalue weighted by atomic mass is 9.64. The number of methoxy groups -OCH3 is 1. The van der Waals surface area contributed by atoms with Crippen LogP contribution in [0.15, 0.2) is 49.1 Å². The van der Waals surface area contributed by atoms with Crippen molar-refractivity contribution in [2.75, 3.05) is 7.11 Å². The number of ether oxygens (including phenoxy) is 1. The first-order valence-corrected chi connectivity index (χ1v) is 10.3. The smallest absolute Gasteiger partial charge is 0.134 e. The summed E-state index contributed by atoms with van der Waals surface area (Å²) in [5.74, 6) is 2.06. The fraction of sp³-hybridized carbons (Fsp3) is 0.440. The topological polar surface area (TPSA) is 9.23 Å². The Morgan fingerprint density at radius 3 is 2.21 bits per heavy atom. The first-order valence-electron chi connectivity index (χ1n) is 10.3. The van der Waals surface area contributed by atoms with Crippen molar-refractivity contribution in [2.24, 2.45) is 17.8 Å². The first kappa shape index (κ1) is 19.2. The molecular weight excluding hydrogens is 354 g/mol. The van der Waals surface area contributed by atoms with E-state index in [1.807, 2.05) is 0 Å². The van der Waals surface area contributed by atoms with Crippen molar-refractivity contribution < 1.29 is 13.5 Å². The maximum atomic E-state index is 14.9. The fourth-order valence-corrected chi connectivity index (χ4v) is 5.30. The molecule has 2 aliphatic rings. The van der Waals surface area contributed by atoms with Gasteiger partial charge < -0.3 is 4.74 Å². The van der Waals surface area contributed by atoms with Gasteiger partial charge in [-0.2, -0.15) is 0 Å². The van der Waals surface area contributed by atoms with Gasteiger partial charge in [0.05, 0.1) is 12.7 Å². The van der Waals surface area contributed by atoms with Gasteiger partial charge in [-0.05, 0) is 97.6 Å². The number of halogens is 2. The molecule has 148 valence electrons. The van der Waals surface area contributed by atoms with Crippen LogP contribution in [0.3, 0.4) is 0 Å². The van der Waals surface area contributed by atoms with E-state index in [0.717, 1.165) is 30.7 Å². The highest BCUT2D eigenvalue weighted by Crippen LogP contribution is 2.48. The van der Waals surface area contributed by atoms with E-state index in [9.17, 15) is 8.78 Å². The molecule has 2 fully saturated rings. The van der Waals surface area contributed by atoms with E-state index in [4.69, 9.17) is 4.74 Å². The summed E-state index contributed by atoms with van der Waals surface area (Å²) in [6, 6.07) is 9.96. The monoisotopic (exact) mass is 382 g/mol. The van der Waals surface area contributed by atoms with E-state index < -0.39 is 11.6 Å². The van der Waals surface area contributed by atoms with E-state index in [2.05, 4.69) is 12.7 Å². The van der Waals surface area contributed by atoms with E-state index >= 15 is 0 Å². The fourth-order valence-electron chi connectivity index (χ4n) is 5.30. The zero-order chi connectivity index (χ0) is 19.7. The summed E-state index contributed by atoms with van der Waals surface area (Å²) < 4.78 is 34.9. The Morgan fingerprint density at radius 1 is 0.929 bits per heavy atom. The van der Waals surface area contributed by atoms with Crippen LogP contribution in [0.4, 0.5) is 8.78 Å². The average Bonchev–Trinajstić information content (AvgIpc) is 2.73. The zero-order valence-electron chi connectivity index (χ0n) is 16.5. The zero-order valence-corrected chi connectivity index (χ0v) is 16.5. The molecule has 28 heavy (non-hydrogen) atoms. The minimum atomic E-state index is -0.474. The highest BCUT2D eigenvalue weighted by atomic mass is 19.1. The van der Waals surface area contributed by atoms with Gasteiger partial charge in [0.1, 0.15) is 17.4 Å². The van der Waals surface area contributed by atoms with Crippen LogP contribution >= 0.6 is 0 Å². The Bertz CT molecular complexity index is 819. The molecule has 2 aromatic rings. The third-order valence-electron chi connectivity index (χ3n) is 6.90. The Balaban J connectivity index is 1.54. The van der Waals surface area contributed by atoms with Gasteiger partial charge in [-0.3, -0.25) is 0 Å². The molecule has 0 spiro atoms. The van der Waals surface area contributed by atoms with Gasteiger partial charge in [0, 0.05) is 0 Å². The highest BCUT2D eigenvalue weighted by Gasteiger charge is 2.35. The van der Waals surface area contributed by atoms with Crippen LogP contribution in [-0.4, -0.2) is 7.11 Å². The van der Waals surface area contributed by atoms with E-state index in [1.165, 1.54) is 19.3 Å². The summed E-state index contributed by atoms with van der Waals surface area (Å²) in [5, 5.41) is 0. The molecule has 0 saturated heterocycles. The summed E-state index contributed by atoms with van der Waals surface area (Å²) in [7, 11) is 1.57.